The molecule has 3 heterocycles. The molecular weight excluding hydrogens is 423 g/mol. The van der Waals surface area contributed by atoms with Gasteiger partial charge >= 0.3 is 6.18 Å². The Labute approximate surface area is 164 Å². The number of nitrogens with one attached hydrogen (secondary N) is 1. The SMILES string of the molecule is Cn1c(SCC(=O)Nc2ncc(C(F)(F)F)cc2Cl)nnc1-c1cccs1. The summed E-state index contributed by atoms with van der Waals surface area (Å²) in [5.41, 5.74) is -0.986. The number of carbonyl (C=O) groups excluding carboxylic acids is 1. The summed E-state index contributed by atoms with van der Waals surface area (Å²) in [5, 5.41) is 12.7. The molecule has 0 unspecified atom stereocenters. The molecule has 12 heteroatoms. The summed E-state index contributed by atoms with van der Waals surface area (Å²) >= 11 is 8.43. The van der Waals surface area contributed by atoms with E-state index in [-0.39, 0.29) is 16.6 Å². The molecule has 3 aromatic heterocycles. The number of rotatable bonds is 5. The average molecular weight is 434 g/mol. The third kappa shape index (κ3) is 4.60. The first-order valence-corrected chi connectivity index (χ1v) is 9.58. The van der Waals surface area contributed by atoms with Gasteiger partial charge in [-0.05, 0) is 17.5 Å². The van der Waals surface area contributed by atoms with Crippen molar-refractivity contribution in [3.8, 4) is 10.7 Å². The van der Waals surface area contributed by atoms with E-state index in [4.69, 9.17) is 11.6 Å². The van der Waals surface area contributed by atoms with Gasteiger partial charge in [-0.1, -0.05) is 29.4 Å². The predicted molar refractivity (Wildman–Crippen MR) is 97.9 cm³/mol. The summed E-state index contributed by atoms with van der Waals surface area (Å²) < 4.78 is 39.6. The van der Waals surface area contributed by atoms with E-state index in [2.05, 4.69) is 20.5 Å². The number of carbonyl (C=O) groups is 1. The smallest absolute Gasteiger partial charge is 0.309 e. The van der Waals surface area contributed by atoms with Gasteiger partial charge in [0.05, 0.1) is 21.2 Å². The molecule has 142 valence electrons. The van der Waals surface area contributed by atoms with Crippen LogP contribution >= 0.6 is 34.7 Å². The topological polar surface area (TPSA) is 72.7 Å². The molecule has 0 aromatic carbocycles. The van der Waals surface area contributed by atoms with Crippen molar-refractivity contribution in [2.45, 2.75) is 11.3 Å². The fourth-order valence-electron chi connectivity index (χ4n) is 2.04. The van der Waals surface area contributed by atoms with E-state index in [0.717, 1.165) is 16.6 Å². The van der Waals surface area contributed by atoms with Crippen molar-refractivity contribution >= 4 is 46.4 Å². The maximum atomic E-state index is 12.6. The number of hydrogen-bond acceptors (Lipinski definition) is 6. The van der Waals surface area contributed by atoms with Gasteiger partial charge in [-0.25, -0.2) is 4.98 Å². The van der Waals surface area contributed by atoms with Crippen molar-refractivity contribution in [2.24, 2.45) is 7.05 Å². The zero-order valence-corrected chi connectivity index (χ0v) is 16.0. The van der Waals surface area contributed by atoms with E-state index in [1.54, 1.807) is 11.6 Å². The van der Waals surface area contributed by atoms with E-state index < -0.39 is 17.6 Å². The van der Waals surface area contributed by atoms with E-state index in [0.29, 0.717) is 23.2 Å². The zero-order valence-electron chi connectivity index (χ0n) is 13.6. The predicted octanol–water partition coefficient (Wildman–Crippen LogP) is 4.34. The molecule has 0 aliphatic rings. The van der Waals surface area contributed by atoms with Crippen LogP contribution in [0.15, 0.2) is 34.9 Å². The molecule has 0 aliphatic carbocycles. The van der Waals surface area contributed by atoms with Gasteiger partial charge in [0, 0.05) is 13.2 Å². The number of aromatic nitrogens is 4. The zero-order chi connectivity index (χ0) is 19.6. The molecular formula is C15H11ClF3N5OS2. The highest BCUT2D eigenvalue weighted by Gasteiger charge is 2.31. The lowest BCUT2D eigenvalue weighted by Crippen LogP contribution is -2.16. The van der Waals surface area contributed by atoms with Gasteiger partial charge in [0.1, 0.15) is 0 Å². The Morgan fingerprint density at radius 1 is 1.41 bits per heavy atom. The first kappa shape index (κ1) is 19.6. The monoisotopic (exact) mass is 433 g/mol. The number of thioether (sulfide) groups is 1. The number of halogens is 4. The molecule has 0 fully saturated rings. The number of anilines is 1. The summed E-state index contributed by atoms with van der Waals surface area (Å²) in [4.78, 5) is 16.6. The third-order valence-corrected chi connectivity index (χ3v) is 5.51. The second-order valence-electron chi connectivity index (χ2n) is 5.23. The summed E-state index contributed by atoms with van der Waals surface area (Å²) in [6.45, 7) is 0. The van der Waals surface area contributed by atoms with Gasteiger partial charge < -0.3 is 9.88 Å². The Morgan fingerprint density at radius 3 is 2.81 bits per heavy atom. The van der Waals surface area contributed by atoms with Crippen molar-refractivity contribution in [2.75, 3.05) is 11.1 Å². The Hall–Kier alpha value is -2.11. The summed E-state index contributed by atoms with van der Waals surface area (Å²) in [6.07, 6.45) is -3.94. The Balaban J connectivity index is 1.62. The summed E-state index contributed by atoms with van der Waals surface area (Å²) in [7, 11) is 1.78. The molecule has 0 atom stereocenters. The normalized spacial score (nSPS) is 11.6. The van der Waals surface area contributed by atoms with Crippen LogP contribution in [0.1, 0.15) is 5.56 Å². The highest BCUT2D eigenvalue weighted by molar-refractivity contribution is 7.99. The second kappa shape index (κ2) is 7.87. The van der Waals surface area contributed by atoms with Gasteiger partial charge in [-0.15, -0.1) is 21.5 Å². The quantitative estimate of drug-likeness (QED) is 0.606. The van der Waals surface area contributed by atoms with E-state index in [9.17, 15) is 18.0 Å². The largest absolute Gasteiger partial charge is 0.417 e. The summed E-state index contributed by atoms with van der Waals surface area (Å²) in [6, 6.07) is 4.52. The van der Waals surface area contributed by atoms with Gasteiger partial charge in [-0.3, -0.25) is 4.79 Å². The minimum absolute atomic E-state index is 0.0323. The lowest BCUT2D eigenvalue weighted by molar-refractivity contribution is -0.137. The molecule has 27 heavy (non-hydrogen) atoms. The van der Waals surface area contributed by atoms with Crippen molar-refractivity contribution in [3.63, 3.8) is 0 Å². The highest BCUT2D eigenvalue weighted by Crippen LogP contribution is 2.32. The molecule has 0 saturated carbocycles. The highest BCUT2D eigenvalue weighted by atomic mass is 35.5. The van der Waals surface area contributed by atoms with Crippen LogP contribution in [0.5, 0.6) is 0 Å². The molecule has 0 radical (unpaired) electrons. The lowest BCUT2D eigenvalue weighted by atomic mass is 10.3. The van der Waals surface area contributed by atoms with Crippen LogP contribution in [0.3, 0.4) is 0 Å². The standard InChI is InChI=1S/C15H11ClF3N5OS2/c1-24-13(10-3-2-4-26-10)22-23-14(24)27-7-11(25)21-12-9(16)5-8(6-20-12)15(17,18)19/h2-6H,7H2,1H3,(H,20,21,25). The summed E-state index contributed by atoms with van der Waals surface area (Å²) in [5.74, 6) is 0.0396. The van der Waals surface area contributed by atoms with Gasteiger partial charge in [-0.2, -0.15) is 13.2 Å². The van der Waals surface area contributed by atoms with Gasteiger partial charge in [0.15, 0.2) is 16.8 Å². The molecule has 0 saturated heterocycles. The number of thiophene rings is 1. The van der Waals surface area contributed by atoms with Crippen molar-refractivity contribution in [3.05, 3.63) is 40.4 Å². The molecule has 3 aromatic rings. The Bertz CT molecular complexity index is 959. The minimum Gasteiger partial charge on any atom is -0.309 e. The second-order valence-corrected chi connectivity index (χ2v) is 7.53. The first-order chi connectivity index (χ1) is 12.8. The van der Waals surface area contributed by atoms with Crippen LogP contribution in [0, 0.1) is 0 Å². The van der Waals surface area contributed by atoms with E-state index in [1.807, 2.05) is 17.5 Å². The minimum atomic E-state index is -4.56. The van der Waals surface area contributed by atoms with Crippen molar-refractivity contribution in [1.29, 1.82) is 0 Å². The number of pyridine rings is 1. The molecule has 3 rings (SSSR count). The van der Waals surface area contributed by atoms with Crippen molar-refractivity contribution < 1.29 is 18.0 Å². The molecule has 0 aliphatic heterocycles. The third-order valence-electron chi connectivity index (χ3n) is 3.34. The Morgan fingerprint density at radius 2 is 2.19 bits per heavy atom. The first-order valence-electron chi connectivity index (χ1n) is 7.34. The van der Waals surface area contributed by atoms with Crippen molar-refractivity contribution in [1.82, 2.24) is 19.7 Å². The van der Waals surface area contributed by atoms with Crippen LogP contribution in [0.4, 0.5) is 19.0 Å². The molecule has 6 nitrogen and oxygen atoms in total. The Kier molecular flexibility index (Phi) is 5.72. The van der Waals surface area contributed by atoms with E-state index >= 15 is 0 Å². The molecule has 0 spiro atoms. The number of alkyl halides is 3. The maximum Gasteiger partial charge on any atom is 0.417 e. The molecule has 0 bridgehead atoms. The van der Waals surface area contributed by atoms with Crippen LogP contribution in [0.25, 0.3) is 10.7 Å². The fraction of sp³-hybridized carbons (Fsp3) is 0.200. The average Bonchev–Trinajstić information content (AvgIpc) is 3.23. The van der Waals surface area contributed by atoms with Crippen LogP contribution in [0.2, 0.25) is 5.02 Å². The lowest BCUT2D eigenvalue weighted by Gasteiger charge is -2.10. The molecule has 1 amide bonds. The number of amides is 1. The van der Waals surface area contributed by atoms with E-state index in [1.165, 1.54) is 11.3 Å². The number of nitrogens with zero attached hydrogens (tertiary/aromatic N) is 4. The van der Waals surface area contributed by atoms with Gasteiger partial charge in [0.2, 0.25) is 5.91 Å². The van der Waals surface area contributed by atoms with Crippen LogP contribution in [-0.2, 0) is 18.0 Å². The van der Waals surface area contributed by atoms with Crippen LogP contribution < -0.4 is 5.32 Å². The van der Waals surface area contributed by atoms with Crippen LogP contribution in [-0.4, -0.2) is 31.4 Å². The van der Waals surface area contributed by atoms with Gasteiger partial charge in [0.25, 0.3) is 0 Å². The maximum absolute atomic E-state index is 12.6. The number of hydrogen-bond donors (Lipinski definition) is 1. The fourth-order valence-corrected chi connectivity index (χ4v) is 3.71. The molecule has 1 N–H and O–H groups in total.